The van der Waals surface area contributed by atoms with E-state index < -0.39 is 12.7 Å². The van der Waals surface area contributed by atoms with Crippen molar-refractivity contribution in [2.75, 3.05) is 0 Å². The Bertz CT molecular complexity index is 3350. The first-order chi connectivity index (χ1) is 31.2. The summed E-state index contributed by atoms with van der Waals surface area (Å²) < 4.78 is 48.1. The number of rotatable bonds is 7. The van der Waals surface area contributed by atoms with E-state index in [1.807, 2.05) is 48.7 Å². The normalized spacial score (nSPS) is 13.8. The van der Waals surface area contributed by atoms with Gasteiger partial charge in [-0.25, -0.2) is 4.98 Å². The summed E-state index contributed by atoms with van der Waals surface area (Å²) in [5.74, 6) is 1.71. The number of hydrogen-bond donors (Lipinski definition) is 0. The summed E-state index contributed by atoms with van der Waals surface area (Å²) in [7, 11) is 0. The van der Waals surface area contributed by atoms with Crippen molar-refractivity contribution in [3.63, 3.8) is 0 Å². The van der Waals surface area contributed by atoms with Crippen LogP contribution < -0.4 is 4.74 Å². The predicted molar refractivity (Wildman–Crippen MR) is 265 cm³/mol. The number of nitrogens with zero attached hydrogens (tertiary/aromatic N) is 4. The third kappa shape index (κ3) is 8.11. The predicted octanol–water partition coefficient (Wildman–Crippen LogP) is 15.4. The summed E-state index contributed by atoms with van der Waals surface area (Å²) in [5, 5.41) is 3.80. The molecular weight excluding hydrogens is 964 g/mol. The Balaban J connectivity index is 0.00000625. The summed E-state index contributed by atoms with van der Waals surface area (Å²) in [4.78, 5) is 9.72. The van der Waals surface area contributed by atoms with Crippen molar-refractivity contribution in [1.82, 2.24) is 19.1 Å². The van der Waals surface area contributed by atoms with E-state index in [-0.39, 0.29) is 37.3 Å². The zero-order chi connectivity index (χ0) is 48.3. The number of aryl methyl sites for hydroxylation is 4. The molecule has 0 spiro atoms. The van der Waals surface area contributed by atoms with Crippen LogP contribution in [0.3, 0.4) is 0 Å². The van der Waals surface area contributed by atoms with Gasteiger partial charge in [-0.1, -0.05) is 135 Å². The van der Waals surface area contributed by atoms with Crippen molar-refractivity contribution in [3.05, 3.63) is 154 Å². The molecule has 328 valence electrons. The van der Waals surface area contributed by atoms with Crippen LogP contribution in [0.2, 0.25) is 0 Å². The van der Waals surface area contributed by atoms with E-state index in [1.54, 1.807) is 20.0 Å². The maximum absolute atomic E-state index is 9.31. The van der Waals surface area contributed by atoms with Gasteiger partial charge >= 0.3 is 21.1 Å². The topological polar surface area (TPSA) is 44.9 Å². The molecule has 0 fully saturated rings. The molecule has 0 aliphatic heterocycles. The van der Waals surface area contributed by atoms with Gasteiger partial charge in [0.1, 0.15) is 5.82 Å². The number of ether oxygens (including phenoxy) is 1. The molecule has 5 aromatic carbocycles. The molecule has 6 heteroatoms. The van der Waals surface area contributed by atoms with Crippen molar-refractivity contribution in [3.8, 4) is 34.3 Å². The van der Waals surface area contributed by atoms with Crippen molar-refractivity contribution in [2.24, 2.45) is 0 Å². The number of hydrogen-bond acceptors (Lipinski definition) is 3. The van der Waals surface area contributed by atoms with Crippen LogP contribution in [-0.4, -0.2) is 19.1 Å². The fourth-order valence-corrected chi connectivity index (χ4v) is 8.75. The summed E-state index contributed by atoms with van der Waals surface area (Å²) in [5.41, 5.74) is 11.3. The van der Waals surface area contributed by atoms with Crippen molar-refractivity contribution >= 4 is 43.6 Å². The van der Waals surface area contributed by atoms with Gasteiger partial charge in [-0.15, -0.1) is 34.7 Å². The molecule has 0 atom stereocenters. The molecule has 0 N–H and O–H groups in total. The van der Waals surface area contributed by atoms with Crippen molar-refractivity contribution < 1.29 is 31.3 Å². The smallest absolute Gasteiger partial charge is 0.503 e. The zero-order valence-electron chi connectivity index (χ0n) is 43.3. The first-order valence-electron chi connectivity index (χ1n) is 24.0. The number of fused-ring (bicyclic) bond motifs is 6. The summed E-state index contributed by atoms with van der Waals surface area (Å²) in [6, 6.07) is 38.2. The number of aromatic nitrogens is 4. The Kier molecular flexibility index (Phi) is 10.3. The zero-order valence-corrected chi connectivity index (χ0v) is 41.6. The van der Waals surface area contributed by atoms with Crippen LogP contribution in [0.15, 0.2) is 103 Å². The molecule has 0 radical (unpaired) electrons. The van der Waals surface area contributed by atoms with Crippen LogP contribution in [0.4, 0.5) is 0 Å². The Hall–Kier alpha value is -5.51. The second-order valence-corrected chi connectivity index (χ2v) is 20.2. The molecule has 0 aliphatic carbocycles. The quantitative estimate of drug-likeness (QED) is 0.149. The van der Waals surface area contributed by atoms with Crippen LogP contribution in [-0.2, 0) is 50.1 Å². The van der Waals surface area contributed by atoms with E-state index >= 15 is 0 Å². The standard InChI is InChI=1S/C58H60N4O.Pt/c1-14-37-26-41(57(8,9)10)31-48-49-32-42(58(11,12)13)27-38(15-2)55(49)61(54(37)48)43-21-23-60-53(33-43)62-51-19-16-35(3)24-47(51)46-18-17-44(34-52(46)62)63-45-29-39(28-40(30-45)56(5,6)7)50-25-36(4)20-22-59-50;/h16-28,30-33H,14-15H2,1-13H3;/q-2;+2/i14D2,15D2;. The fourth-order valence-electron chi connectivity index (χ4n) is 8.75. The molecule has 0 bridgehead atoms. The number of pyridine rings is 2. The average Bonchev–Trinajstić information content (AvgIpc) is 3.73. The molecule has 0 saturated carbocycles. The van der Waals surface area contributed by atoms with Gasteiger partial charge in [-0.05, 0) is 107 Å². The van der Waals surface area contributed by atoms with Gasteiger partial charge in [0, 0.05) is 51.7 Å². The third-order valence-corrected chi connectivity index (χ3v) is 12.4. The van der Waals surface area contributed by atoms with Crippen LogP contribution in [0.5, 0.6) is 11.5 Å². The molecule has 0 unspecified atom stereocenters. The van der Waals surface area contributed by atoms with Crippen LogP contribution in [0, 0.1) is 26.0 Å². The van der Waals surface area contributed by atoms with Gasteiger partial charge in [0.25, 0.3) is 0 Å². The van der Waals surface area contributed by atoms with Crippen molar-refractivity contribution in [1.29, 1.82) is 0 Å². The van der Waals surface area contributed by atoms with Crippen molar-refractivity contribution in [2.45, 2.75) is 119 Å². The first kappa shape index (κ1) is 40.0. The maximum Gasteiger partial charge on any atom is 2.00 e. The molecular formula is C58H60N4OPt. The van der Waals surface area contributed by atoms with Gasteiger partial charge in [0.2, 0.25) is 0 Å². The average molecular weight is 1030 g/mol. The Morgan fingerprint density at radius 1 is 0.562 bits per heavy atom. The molecule has 64 heavy (non-hydrogen) atoms. The number of benzene rings is 5. The molecule has 0 saturated heterocycles. The Morgan fingerprint density at radius 2 is 1.16 bits per heavy atom. The van der Waals surface area contributed by atoms with E-state index in [0.717, 1.165) is 77.3 Å². The van der Waals surface area contributed by atoms with Gasteiger partial charge < -0.3 is 18.9 Å². The minimum absolute atomic E-state index is 0. The SMILES string of the molecule is [2H]C([2H])(C)c1cc(C(C)(C)C)cc2c3cc(C(C)(C)C)cc(C([2H])([2H])C)c3n(-c3ccnc(-n4c5[c-]c(Oc6[c-]c(-c7cc(C)ccn7)cc(C(C)(C)C)c6)ccc5c5cc(C)ccc54)c3)c12.[Pt+2]. The van der Waals surface area contributed by atoms with Crippen LogP contribution in [0.1, 0.15) is 121 Å². The summed E-state index contributed by atoms with van der Waals surface area (Å²) in [6.45, 7) is 26.8. The molecule has 9 aromatic rings. The van der Waals surface area contributed by atoms with E-state index in [0.29, 0.717) is 39.5 Å². The molecule has 4 aromatic heterocycles. The van der Waals surface area contributed by atoms with Gasteiger partial charge in [-0.2, -0.15) is 6.07 Å². The second-order valence-electron chi connectivity index (χ2n) is 20.2. The monoisotopic (exact) mass is 1030 g/mol. The first-order valence-corrected chi connectivity index (χ1v) is 22.0. The summed E-state index contributed by atoms with van der Waals surface area (Å²) in [6.07, 6.45) is 0.131. The van der Waals surface area contributed by atoms with Gasteiger partial charge in [0.05, 0.1) is 16.7 Å². The largest absolute Gasteiger partial charge is 2.00 e. The van der Waals surface area contributed by atoms with E-state index in [4.69, 9.17) is 9.72 Å². The maximum atomic E-state index is 9.31. The third-order valence-electron chi connectivity index (χ3n) is 12.4. The summed E-state index contributed by atoms with van der Waals surface area (Å²) >= 11 is 0. The molecule has 0 amide bonds. The van der Waals surface area contributed by atoms with Gasteiger partial charge in [-0.3, -0.25) is 0 Å². The minimum atomic E-state index is -1.74. The van der Waals surface area contributed by atoms with E-state index in [1.165, 1.54) is 0 Å². The van der Waals surface area contributed by atoms with E-state index in [9.17, 15) is 5.48 Å². The van der Waals surface area contributed by atoms with E-state index in [2.05, 4.69) is 151 Å². The van der Waals surface area contributed by atoms with Gasteiger partial charge in [0.15, 0.2) is 0 Å². The molecule has 9 rings (SSSR count). The molecule has 0 aliphatic rings. The fraction of sp³-hybridized carbons (Fsp3) is 0.310. The Labute approximate surface area is 399 Å². The van der Waals surface area contributed by atoms with Crippen LogP contribution >= 0.6 is 0 Å². The van der Waals surface area contributed by atoms with Crippen LogP contribution in [0.25, 0.3) is 66.4 Å². The molecule has 5 nitrogen and oxygen atoms in total. The Morgan fingerprint density at radius 3 is 1.75 bits per heavy atom. The molecule has 4 heterocycles. The second kappa shape index (κ2) is 16.5. The minimum Gasteiger partial charge on any atom is -0.503 e.